The zero-order valence-corrected chi connectivity index (χ0v) is 7.20. The Morgan fingerprint density at radius 2 is 1.92 bits per heavy atom. The number of hydrogen-bond acceptors (Lipinski definition) is 4. The van der Waals surface area contributed by atoms with E-state index in [1.807, 2.05) is 0 Å². The maximum Gasteiger partial charge on any atom is 0.330 e. The third-order valence-electron chi connectivity index (χ3n) is 0.986. The van der Waals surface area contributed by atoms with Gasteiger partial charge in [0.25, 0.3) is 0 Å². The molecule has 0 bridgehead atoms. The fourth-order valence-corrected chi connectivity index (χ4v) is 0.459. The summed E-state index contributed by atoms with van der Waals surface area (Å²) in [5.74, 6) is -0.707. The van der Waals surface area contributed by atoms with E-state index in [0.717, 1.165) is 12.2 Å². The van der Waals surface area contributed by atoms with Crippen molar-refractivity contribution in [3.63, 3.8) is 0 Å². The Hall–Kier alpha value is -1.16. The fourth-order valence-electron chi connectivity index (χ4n) is 0.459. The summed E-state index contributed by atoms with van der Waals surface area (Å²) in [6, 6.07) is 0. The zero-order valence-electron chi connectivity index (χ0n) is 7.20. The Morgan fingerprint density at radius 1 is 1.25 bits per heavy atom. The minimum Gasteiger partial charge on any atom is -0.460 e. The molecule has 0 radical (unpaired) electrons. The van der Waals surface area contributed by atoms with Crippen LogP contribution in [-0.4, -0.2) is 32.1 Å². The third-order valence-corrected chi connectivity index (χ3v) is 0.986. The monoisotopic (exact) mass is 172 g/mol. The molecule has 0 atom stereocenters. The molecule has 4 heteroatoms. The van der Waals surface area contributed by atoms with Gasteiger partial charge in [0.1, 0.15) is 6.61 Å². The summed E-state index contributed by atoms with van der Waals surface area (Å²) < 4.78 is 9.28. The Balaban J connectivity index is 3.53. The molecular weight excluding hydrogens is 160 g/mol. The summed E-state index contributed by atoms with van der Waals surface area (Å²) in [6.07, 6.45) is 2.26. The number of carbonyl (C=O) groups excluding carboxylic acids is 2. The SMILES string of the molecule is COCCOC(=O)/C=C/C(C)=O. The zero-order chi connectivity index (χ0) is 9.40. The highest BCUT2D eigenvalue weighted by molar-refractivity contribution is 5.94. The van der Waals surface area contributed by atoms with Gasteiger partial charge in [-0.3, -0.25) is 4.79 Å². The van der Waals surface area contributed by atoms with Crippen molar-refractivity contribution < 1.29 is 19.1 Å². The van der Waals surface area contributed by atoms with Crippen molar-refractivity contribution in [1.29, 1.82) is 0 Å². The molecule has 0 aromatic rings. The molecule has 0 saturated carbocycles. The molecular formula is C8H12O4. The summed E-state index contributed by atoms with van der Waals surface area (Å²) in [7, 11) is 1.51. The largest absolute Gasteiger partial charge is 0.460 e. The summed E-state index contributed by atoms with van der Waals surface area (Å²) in [5.41, 5.74) is 0. The summed E-state index contributed by atoms with van der Waals surface area (Å²) in [4.78, 5) is 21.1. The maximum absolute atomic E-state index is 10.7. The number of esters is 1. The smallest absolute Gasteiger partial charge is 0.330 e. The number of ketones is 1. The van der Waals surface area contributed by atoms with Gasteiger partial charge in [-0.15, -0.1) is 0 Å². The lowest BCUT2D eigenvalue weighted by molar-refractivity contribution is -0.139. The first-order chi connectivity index (χ1) is 5.66. The van der Waals surface area contributed by atoms with Crippen molar-refractivity contribution in [2.45, 2.75) is 6.92 Å². The van der Waals surface area contributed by atoms with Crippen LogP contribution >= 0.6 is 0 Å². The van der Waals surface area contributed by atoms with Crippen molar-refractivity contribution in [2.24, 2.45) is 0 Å². The molecule has 0 aliphatic rings. The highest BCUT2D eigenvalue weighted by atomic mass is 16.6. The van der Waals surface area contributed by atoms with E-state index >= 15 is 0 Å². The molecule has 4 nitrogen and oxygen atoms in total. The topological polar surface area (TPSA) is 52.6 Å². The first kappa shape index (κ1) is 10.8. The van der Waals surface area contributed by atoms with E-state index in [1.54, 1.807) is 0 Å². The van der Waals surface area contributed by atoms with Gasteiger partial charge >= 0.3 is 5.97 Å². The van der Waals surface area contributed by atoms with E-state index in [4.69, 9.17) is 0 Å². The van der Waals surface area contributed by atoms with Crippen molar-refractivity contribution in [2.75, 3.05) is 20.3 Å². The van der Waals surface area contributed by atoms with E-state index in [0.29, 0.717) is 6.61 Å². The van der Waals surface area contributed by atoms with Crippen LogP contribution in [0, 0.1) is 0 Å². The van der Waals surface area contributed by atoms with Crippen LogP contribution in [-0.2, 0) is 19.1 Å². The number of carbonyl (C=O) groups is 2. The van der Waals surface area contributed by atoms with Crippen molar-refractivity contribution in [3.05, 3.63) is 12.2 Å². The van der Waals surface area contributed by atoms with Crippen LogP contribution in [0.15, 0.2) is 12.2 Å². The molecule has 0 aliphatic heterocycles. The lowest BCUT2D eigenvalue weighted by atomic mass is 10.4. The number of ether oxygens (including phenoxy) is 2. The van der Waals surface area contributed by atoms with Crippen LogP contribution in [0.5, 0.6) is 0 Å². The van der Waals surface area contributed by atoms with E-state index < -0.39 is 5.97 Å². The molecule has 0 unspecified atom stereocenters. The minimum atomic E-state index is -0.526. The molecule has 0 fully saturated rings. The predicted molar refractivity (Wildman–Crippen MR) is 42.7 cm³/mol. The Labute approximate surface area is 71.2 Å². The van der Waals surface area contributed by atoms with Gasteiger partial charge < -0.3 is 9.47 Å². The number of methoxy groups -OCH3 is 1. The van der Waals surface area contributed by atoms with E-state index in [9.17, 15) is 9.59 Å². The molecule has 0 rings (SSSR count). The van der Waals surface area contributed by atoms with Gasteiger partial charge in [0, 0.05) is 13.2 Å². The standard InChI is InChI=1S/C8H12O4/c1-7(9)3-4-8(10)12-6-5-11-2/h3-4H,5-6H2,1-2H3/b4-3+. The molecule has 0 spiro atoms. The molecule has 0 amide bonds. The number of hydrogen-bond donors (Lipinski definition) is 0. The molecule has 68 valence electrons. The summed E-state index contributed by atoms with van der Waals surface area (Å²) in [5, 5.41) is 0. The average Bonchev–Trinajstić information content (AvgIpc) is 2.01. The fraction of sp³-hybridized carbons (Fsp3) is 0.500. The third kappa shape index (κ3) is 6.95. The minimum absolute atomic E-state index is 0.182. The highest BCUT2D eigenvalue weighted by Gasteiger charge is 1.95. The summed E-state index contributed by atoms with van der Waals surface area (Å²) in [6.45, 7) is 1.93. The second kappa shape index (κ2) is 6.54. The van der Waals surface area contributed by atoms with E-state index in [1.165, 1.54) is 14.0 Å². The normalized spacial score (nSPS) is 10.2. The first-order valence-electron chi connectivity index (χ1n) is 3.51. The van der Waals surface area contributed by atoms with Gasteiger partial charge in [0.15, 0.2) is 5.78 Å². The van der Waals surface area contributed by atoms with Crippen LogP contribution in [0.2, 0.25) is 0 Å². The summed E-state index contributed by atoms with van der Waals surface area (Å²) >= 11 is 0. The lowest BCUT2D eigenvalue weighted by Gasteiger charge is -1.98. The first-order valence-corrected chi connectivity index (χ1v) is 3.51. The molecule has 12 heavy (non-hydrogen) atoms. The lowest BCUT2D eigenvalue weighted by Crippen LogP contribution is -2.07. The maximum atomic E-state index is 10.7. The molecule has 0 saturated heterocycles. The molecule has 0 aromatic carbocycles. The quantitative estimate of drug-likeness (QED) is 0.340. The van der Waals surface area contributed by atoms with Crippen LogP contribution in [0.25, 0.3) is 0 Å². The van der Waals surface area contributed by atoms with E-state index in [2.05, 4.69) is 9.47 Å². The molecule has 0 heterocycles. The number of allylic oxidation sites excluding steroid dienone is 1. The van der Waals surface area contributed by atoms with Gasteiger partial charge in [-0.05, 0) is 13.0 Å². The molecule has 0 N–H and O–H groups in total. The van der Waals surface area contributed by atoms with Crippen molar-refractivity contribution in [3.8, 4) is 0 Å². The van der Waals surface area contributed by atoms with Crippen LogP contribution in [0.4, 0.5) is 0 Å². The number of rotatable bonds is 5. The predicted octanol–water partition coefficient (Wildman–Crippen LogP) is 0.321. The van der Waals surface area contributed by atoms with Gasteiger partial charge in [0.2, 0.25) is 0 Å². The average molecular weight is 172 g/mol. The van der Waals surface area contributed by atoms with Crippen LogP contribution in [0.1, 0.15) is 6.92 Å². The molecule has 0 aliphatic carbocycles. The van der Waals surface area contributed by atoms with Gasteiger partial charge in [-0.1, -0.05) is 0 Å². The van der Waals surface area contributed by atoms with E-state index in [-0.39, 0.29) is 12.4 Å². The second-order valence-electron chi connectivity index (χ2n) is 2.10. The Bertz CT molecular complexity index is 183. The Kier molecular flexibility index (Phi) is 5.91. The second-order valence-corrected chi connectivity index (χ2v) is 2.10. The van der Waals surface area contributed by atoms with Crippen LogP contribution in [0.3, 0.4) is 0 Å². The van der Waals surface area contributed by atoms with Crippen molar-refractivity contribution in [1.82, 2.24) is 0 Å². The van der Waals surface area contributed by atoms with Crippen LogP contribution < -0.4 is 0 Å². The highest BCUT2D eigenvalue weighted by Crippen LogP contribution is 1.83. The molecule has 0 aromatic heterocycles. The van der Waals surface area contributed by atoms with Gasteiger partial charge in [-0.25, -0.2) is 4.79 Å². The van der Waals surface area contributed by atoms with Gasteiger partial charge in [0.05, 0.1) is 6.61 Å². The van der Waals surface area contributed by atoms with Crippen molar-refractivity contribution >= 4 is 11.8 Å². The Morgan fingerprint density at radius 3 is 2.42 bits per heavy atom. The van der Waals surface area contributed by atoms with Gasteiger partial charge in [-0.2, -0.15) is 0 Å².